The molecule has 0 aliphatic carbocycles. The summed E-state index contributed by atoms with van der Waals surface area (Å²) in [7, 11) is -4.25. The van der Waals surface area contributed by atoms with Crippen LogP contribution in [0.1, 0.15) is 0 Å². The minimum Gasteiger partial charge on any atom is -0.491 e. The van der Waals surface area contributed by atoms with E-state index in [1.54, 1.807) is 18.2 Å². The lowest BCUT2D eigenvalue weighted by molar-refractivity contribution is 0.158. The van der Waals surface area contributed by atoms with Crippen molar-refractivity contribution in [1.82, 2.24) is 9.21 Å². The Labute approximate surface area is 166 Å². The highest BCUT2D eigenvalue weighted by Gasteiger charge is 2.32. The van der Waals surface area contributed by atoms with Gasteiger partial charge < -0.3 is 4.74 Å². The Kier molecular flexibility index (Phi) is 6.49. The van der Waals surface area contributed by atoms with E-state index in [1.807, 2.05) is 11.0 Å². The summed E-state index contributed by atoms with van der Waals surface area (Å²) in [6.07, 6.45) is 0. The van der Waals surface area contributed by atoms with Crippen molar-refractivity contribution in [3.8, 4) is 5.75 Å². The number of hydrogen-bond acceptors (Lipinski definition) is 4. The molecule has 0 amide bonds. The number of piperazine rings is 1. The molecule has 0 N–H and O–H groups in total. The second-order valence-corrected chi connectivity index (χ2v) is 8.51. The van der Waals surface area contributed by atoms with E-state index in [0.717, 1.165) is 10.4 Å². The number of rotatable bonds is 6. The lowest BCUT2D eigenvalue weighted by Gasteiger charge is -2.33. The molecule has 0 unspecified atom stereocenters. The third-order valence-corrected chi connectivity index (χ3v) is 6.68. The molecule has 0 radical (unpaired) electrons. The summed E-state index contributed by atoms with van der Waals surface area (Å²) < 4.78 is 72.1. The molecule has 152 valence electrons. The van der Waals surface area contributed by atoms with Crippen LogP contribution in [0.4, 0.5) is 13.2 Å². The van der Waals surface area contributed by atoms with Crippen molar-refractivity contribution in [3.05, 3.63) is 58.9 Å². The van der Waals surface area contributed by atoms with Crippen molar-refractivity contribution in [2.75, 3.05) is 39.3 Å². The predicted molar refractivity (Wildman–Crippen MR) is 98.5 cm³/mol. The Morgan fingerprint density at radius 2 is 1.64 bits per heavy atom. The summed E-state index contributed by atoms with van der Waals surface area (Å²) >= 11 is 6.01. The van der Waals surface area contributed by atoms with Crippen molar-refractivity contribution >= 4 is 21.6 Å². The molecule has 2 aromatic carbocycles. The van der Waals surface area contributed by atoms with Gasteiger partial charge in [-0.15, -0.1) is 0 Å². The Hall–Kier alpha value is -1.81. The zero-order valence-electron chi connectivity index (χ0n) is 14.7. The predicted octanol–water partition coefficient (Wildman–Crippen LogP) is 3.14. The smallest absolute Gasteiger partial charge is 0.246 e. The third kappa shape index (κ3) is 4.43. The number of nitrogens with zero attached hydrogens (tertiary/aromatic N) is 2. The maximum absolute atomic E-state index is 13.9. The van der Waals surface area contributed by atoms with Gasteiger partial charge in [0.25, 0.3) is 0 Å². The lowest BCUT2D eigenvalue weighted by Crippen LogP contribution is -2.49. The van der Waals surface area contributed by atoms with Crippen LogP contribution in [0.15, 0.2) is 41.3 Å². The van der Waals surface area contributed by atoms with Crippen LogP contribution < -0.4 is 4.74 Å². The van der Waals surface area contributed by atoms with Crippen LogP contribution >= 0.6 is 11.6 Å². The molecule has 28 heavy (non-hydrogen) atoms. The zero-order valence-corrected chi connectivity index (χ0v) is 16.3. The van der Waals surface area contributed by atoms with Gasteiger partial charge >= 0.3 is 0 Å². The summed E-state index contributed by atoms with van der Waals surface area (Å²) in [6.45, 7) is 1.93. The summed E-state index contributed by atoms with van der Waals surface area (Å²) in [5.74, 6) is -4.36. The summed E-state index contributed by atoms with van der Waals surface area (Å²) in [5.41, 5.74) is 0. The van der Waals surface area contributed by atoms with E-state index in [2.05, 4.69) is 0 Å². The molecule has 1 saturated heterocycles. The number of ether oxygens (including phenoxy) is 1. The molecule has 2 aromatic rings. The number of para-hydroxylation sites is 1. The molecule has 0 saturated carbocycles. The molecular formula is C18H18ClF3N2O3S. The van der Waals surface area contributed by atoms with Crippen molar-refractivity contribution < 1.29 is 26.3 Å². The first-order chi connectivity index (χ1) is 13.3. The molecule has 0 spiro atoms. The largest absolute Gasteiger partial charge is 0.491 e. The van der Waals surface area contributed by atoms with E-state index in [9.17, 15) is 21.6 Å². The van der Waals surface area contributed by atoms with Crippen molar-refractivity contribution in [2.24, 2.45) is 0 Å². The average molecular weight is 435 g/mol. The summed E-state index contributed by atoms with van der Waals surface area (Å²) in [5, 5.41) is 0.506. The molecule has 1 aliphatic rings. The van der Waals surface area contributed by atoms with Crippen molar-refractivity contribution in [3.63, 3.8) is 0 Å². The van der Waals surface area contributed by atoms with Crippen LogP contribution in [0, 0.1) is 17.5 Å². The van der Waals surface area contributed by atoms with E-state index in [-0.39, 0.29) is 13.1 Å². The van der Waals surface area contributed by atoms with Crippen LogP contribution in [0.2, 0.25) is 5.02 Å². The topological polar surface area (TPSA) is 49.9 Å². The van der Waals surface area contributed by atoms with Gasteiger partial charge in [0, 0.05) is 32.7 Å². The Bertz CT molecular complexity index is 951. The van der Waals surface area contributed by atoms with Gasteiger partial charge in [0.1, 0.15) is 17.3 Å². The fourth-order valence-electron chi connectivity index (χ4n) is 2.89. The highest BCUT2D eigenvalue weighted by molar-refractivity contribution is 7.89. The molecule has 10 heteroatoms. The first kappa shape index (κ1) is 20.9. The number of hydrogen-bond donors (Lipinski definition) is 0. The summed E-state index contributed by atoms with van der Waals surface area (Å²) in [6, 6.07) is 8.43. The van der Waals surface area contributed by atoms with E-state index in [1.165, 1.54) is 0 Å². The maximum atomic E-state index is 13.9. The molecule has 0 bridgehead atoms. The average Bonchev–Trinajstić information content (AvgIpc) is 2.68. The van der Waals surface area contributed by atoms with Crippen LogP contribution in [0.5, 0.6) is 5.75 Å². The second-order valence-electron chi connectivity index (χ2n) is 6.20. The molecular weight excluding hydrogens is 417 g/mol. The number of halogens is 4. The van der Waals surface area contributed by atoms with Gasteiger partial charge in [-0.2, -0.15) is 4.31 Å². The molecule has 3 rings (SSSR count). The standard InChI is InChI=1S/C18H18ClF3N2O3S/c19-13-3-1-2-4-15(13)27-12-11-23-7-9-24(10-8-23)28(25,26)16-6-5-14(20)17(21)18(16)22/h1-6H,7-12H2. The highest BCUT2D eigenvalue weighted by atomic mass is 35.5. The monoisotopic (exact) mass is 434 g/mol. The van der Waals surface area contributed by atoms with Crippen LogP contribution in [0.25, 0.3) is 0 Å². The van der Waals surface area contributed by atoms with Crippen molar-refractivity contribution in [1.29, 1.82) is 0 Å². The van der Waals surface area contributed by atoms with E-state index in [4.69, 9.17) is 16.3 Å². The molecule has 5 nitrogen and oxygen atoms in total. The molecule has 0 atom stereocenters. The Morgan fingerprint density at radius 3 is 2.32 bits per heavy atom. The van der Waals surface area contributed by atoms with Gasteiger partial charge in [-0.25, -0.2) is 21.6 Å². The van der Waals surface area contributed by atoms with Crippen LogP contribution in [-0.2, 0) is 10.0 Å². The third-order valence-electron chi connectivity index (χ3n) is 4.45. The van der Waals surface area contributed by atoms with E-state index < -0.39 is 32.4 Å². The van der Waals surface area contributed by atoms with E-state index in [0.29, 0.717) is 43.1 Å². The Morgan fingerprint density at radius 1 is 0.964 bits per heavy atom. The normalized spacial score (nSPS) is 16.3. The van der Waals surface area contributed by atoms with Gasteiger partial charge in [-0.3, -0.25) is 4.90 Å². The number of benzene rings is 2. The molecule has 0 aromatic heterocycles. The van der Waals surface area contributed by atoms with Gasteiger partial charge in [0.15, 0.2) is 17.5 Å². The van der Waals surface area contributed by atoms with Gasteiger partial charge in [-0.05, 0) is 24.3 Å². The SMILES string of the molecule is O=S(=O)(c1ccc(F)c(F)c1F)N1CCN(CCOc2ccccc2Cl)CC1. The van der Waals surface area contributed by atoms with E-state index >= 15 is 0 Å². The van der Waals surface area contributed by atoms with Gasteiger partial charge in [0.2, 0.25) is 10.0 Å². The second kappa shape index (κ2) is 8.69. The maximum Gasteiger partial charge on any atom is 0.246 e. The van der Waals surface area contributed by atoms with Crippen molar-refractivity contribution in [2.45, 2.75) is 4.90 Å². The highest BCUT2D eigenvalue weighted by Crippen LogP contribution is 2.25. The van der Waals surface area contributed by atoms with Crippen LogP contribution in [-0.4, -0.2) is 57.0 Å². The van der Waals surface area contributed by atoms with Gasteiger partial charge in [0.05, 0.1) is 5.02 Å². The quantitative estimate of drug-likeness (QED) is 0.655. The molecule has 1 aliphatic heterocycles. The zero-order chi connectivity index (χ0) is 20.3. The number of sulfonamides is 1. The van der Waals surface area contributed by atoms with Crippen LogP contribution in [0.3, 0.4) is 0 Å². The first-order valence-corrected chi connectivity index (χ1v) is 10.4. The fraction of sp³-hybridized carbons (Fsp3) is 0.333. The first-order valence-electron chi connectivity index (χ1n) is 8.54. The minimum absolute atomic E-state index is 0.104. The fourth-order valence-corrected chi connectivity index (χ4v) is 4.56. The minimum atomic E-state index is -4.25. The molecule has 1 fully saturated rings. The Balaban J connectivity index is 1.56. The molecule has 1 heterocycles. The summed E-state index contributed by atoms with van der Waals surface area (Å²) in [4.78, 5) is 1.13. The lowest BCUT2D eigenvalue weighted by atomic mass is 10.3. The van der Waals surface area contributed by atoms with Gasteiger partial charge in [-0.1, -0.05) is 23.7 Å².